The zero-order chi connectivity index (χ0) is 9.38. The maximum Gasteiger partial charge on any atom is 0.194 e. The summed E-state index contributed by atoms with van der Waals surface area (Å²) < 4.78 is 0. The molecule has 0 bridgehead atoms. The third-order valence-electron chi connectivity index (χ3n) is 2.45. The molecule has 15 heavy (non-hydrogen) atoms. The summed E-state index contributed by atoms with van der Waals surface area (Å²) in [5.41, 5.74) is 1.03. The largest absolute Gasteiger partial charge is 1.00 e. The molecule has 3 heteroatoms. The van der Waals surface area contributed by atoms with Gasteiger partial charge in [0.25, 0.3) is 0 Å². The summed E-state index contributed by atoms with van der Waals surface area (Å²) in [6.45, 7) is 0. The van der Waals surface area contributed by atoms with Crippen LogP contribution in [0.25, 0.3) is 21.7 Å². The Bertz CT molecular complexity index is 553. The zero-order valence-electron chi connectivity index (χ0n) is 7.94. The molecule has 2 aromatic carbocycles. The monoisotopic (exact) mass is 216 g/mol. The van der Waals surface area contributed by atoms with Gasteiger partial charge in [0.05, 0.1) is 0 Å². The number of H-pyrrole nitrogens is 1. The van der Waals surface area contributed by atoms with Crippen LogP contribution in [0.3, 0.4) is 0 Å². The average Bonchev–Trinajstić information content (AvgIpc) is 2.29. The van der Waals surface area contributed by atoms with Crippen molar-refractivity contribution in [3.8, 4) is 0 Å². The van der Waals surface area contributed by atoms with Crippen LogP contribution in [-0.2, 0) is 0 Å². The topological polar surface area (TPSA) is 27.0 Å². The number of fused-ring (bicyclic) bond motifs is 3. The number of hydrogen-bond donors (Lipinski definition) is 0. The molecular weight excluding hydrogens is 208 g/mol. The molecule has 0 aliphatic heterocycles. The fourth-order valence-corrected chi connectivity index (χ4v) is 1.76. The Morgan fingerprint density at radius 1 is 0.867 bits per heavy atom. The second-order valence-electron chi connectivity index (χ2n) is 3.30. The lowest BCUT2D eigenvalue weighted by Crippen LogP contribution is -3.00. The minimum atomic E-state index is 0. The Kier molecular flexibility index (Phi) is 2.52. The number of benzene rings is 2. The highest BCUT2D eigenvalue weighted by atomic mass is 35.5. The molecule has 1 N–H and O–H groups in total. The first-order valence-corrected chi connectivity index (χ1v) is 4.60. The molecule has 0 saturated heterocycles. The van der Waals surface area contributed by atoms with E-state index in [0.29, 0.717) is 0 Å². The highest BCUT2D eigenvalue weighted by Crippen LogP contribution is 2.21. The van der Waals surface area contributed by atoms with Gasteiger partial charge in [0, 0.05) is 16.8 Å². The summed E-state index contributed by atoms with van der Waals surface area (Å²) in [7, 11) is 0. The van der Waals surface area contributed by atoms with E-state index in [2.05, 4.69) is 34.5 Å². The van der Waals surface area contributed by atoms with Crippen molar-refractivity contribution >= 4 is 21.7 Å². The maximum atomic E-state index is 4.28. The van der Waals surface area contributed by atoms with Gasteiger partial charge >= 0.3 is 0 Å². The van der Waals surface area contributed by atoms with Crippen molar-refractivity contribution in [2.45, 2.75) is 0 Å². The first-order valence-electron chi connectivity index (χ1n) is 4.60. The molecule has 0 fully saturated rings. The summed E-state index contributed by atoms with van der Waals surface area (Å²) in [6.07, 6.45) is 1.84. The van der Waals surface area contributed by atoms with Gasteiger partial charge in [0.2, 0.25) is 0 Å². The minimum absolute atomic E-state index is 0. The average molecular weight is 217 g/mol. The smallest absolute Gasteiger partial charge is 0.194 e. The van der Waals surface area contributed by atoms with Crippen LogP contribution >= 0.6 is 0 Å². The van der Waals surface area contributed by atoms with Crippen LogP contribution in [0, 0.1) is 0 Å². The first-order chi connectivity index (χ1) is 6.95. The van der Waals surface area contributed by atoms with E-state index in [4.69, 9.17) is 0 Å². The molecule has 0 spiro atoms. The van der Waals surface area contributed by atoms with Crippen LogP contribution in [0.4, 0.5) is 0 Å². The molecule has 0 atom stereocenters. The minimum Gasteiger partial charge on any atom is -1.00 e. The van der Waals surface area contributed by atoms with E-state index in [-0.39, 0.29) is 12.4 Å². The van der Waals surface area contributed by atoms with Gasteiger partial charge in [-0.25, -0.2) is 0 Å². The molecule has 0 aliphatic carbocycles. The van der Waals surface area contributed by atoms with Crippen molar-refractivity contribution in [2.24, 2.45) is 0 Å². The fourth-order valence-electron chi connectivity index (χ4n) is 1.76. The van der Waals surface area contributed by atoms with Gasteiger partial charge in [0.1, 0.15) is 5.52 Å². The van der Waals surface area contributed by atoms with Crippen LogP contribution in [0.5, 0.6) is 0 Å². The van der Waals surface area contributed by atoms with E-state index in [1.807, 2.05) is 24.4 Å². The normalized spacial score (nSPS) is 10.1. The second kappa shape index (κ2) is 3.83. The number of rotatable bonds is 0. The van der Waals surface area contributed by atoms with Crippen LogP contribution in [0.2, 0.25) is 0 Å². The number of nitrogens with one attached hydrogen (secondary N) is 1. The highest BCUT2D eigenvalue weighted by molar-refractivity contribution is 6.04. The summed E-state index contributed by atoms with van der Waals surface area (Å²) in [4.78, 5) is 0. The second-order valence-corrected chi connectivity index (χ2v) is 3.30. The third kappa shape index (κ3) is 1.53. The lowest BCUT2D eigenvalue weighted by molar-refractivity contribution is -0.451. The van der Waals surface area contributed by atoms with Gasteiger partial charge in [-0.1, -0.05) is 36.4 Å². The maximum absolute atomic E-state index is 4.28. The molecule has 0 aliphatic rings. The third-order valence-corrected chi connectivity index (χ3v) is 2.45. The molecule has 3 aromatic rings. The number of nitrogens with zero attached hydrogens (tertiary/aromatic N) is 1. The van der Waals surface area contributed by atoms with E-state index >= 15 is 0 Å². The predicted octanol–water partition coefficient (Wildman–Crippen LogP) is -0.794. The van der Waals surface area contributed by atoms with Crippen molar-refractivity contribution < 1.29 is 17.5 Å². The summed E-state index contributed by atoms with van der Waals surface area (Å²) in [5.74, 6) is 0. The highest BCUT2D eigenvalue weighted by Gasteiger charge is 2.02. The molecular formula is C12H9ClN2. The molecule has 0 saturated carbocycles. The molecule has 0 radical (unpaired) electrons. The molecule has 2 nitrogen and oxygen atoms in total. The molecule has 0 unspecified atom stereocenters. The van der Waals surface area contributed by atoms with Gasteiger partial charge in [-0.05, 0) is 10.5 Å². The number of halogens is 1. The molecule has 74 valence electrons. The van der Waals surface area contributed by atoms with Gasteiger partial charge < -0.3 is 12.4 Å². The molecule has 3 rings (SSSR count). The number of aromatic amines is 1. The van der Waals surface area contributed by atoms with Crippen LogP contribution < -0.4 is 17.5 Å². The van der Waals surface area contributed by atoms with E-state index in [1.54, 1.807) is 0 Å². The first kappa shape index (κ1) is 9.87. The Morgan fingerprint density at radius 2 is 1.67 bits per heavy atom. The predicted molar refractivity (Wildman–Crippen MR) is 55.8 cm³/mol. The van der Waals surface area contributed by atoms with Gasteiger partial charge in [-0.15, -0.1) is 5.10 Å². The Labute approximate surface area is 93.4 Å². The lowest BCUT2D eigenvalue weighted by Gasteiger charge is -1.98. The van der Waals surface area contributed by atoms with Crippen molar-refractivity contribution in [3.63, 3.8) is 0 Å². The Hall–Kier alpha value is -1.67. The van der Waals surface area contributed by atoms with Crippen LogP contribution in [0.1, 0.15) is 0 Å². The Balaban J connectivity index is 0.000000853. The van der Waals surface area contributed by atoms with Crippen molar-refractivity contribution in [2.75, 3.05) is 0 Å². The standard InChI is InChI=1S/C12H8N2.ClH/c1-2-4-11-9(3-1)5-6-10-7-8-13-14-12(10)11;/h1-8H;1H. The summed E-state index contributed by atoms with van der Waals surface area (Å²) in [5, 5.41) is 10.8. The SMILES string of the molecule is [Cl-].c1ccc2c(c1)ccc1cc[nH+]nc12. The van der Waals surface area contributed by atoms with E-state index in [0.717, 1.165) is 5.52 Å². The van der Waals surface area contributed by atoms with Crippen molar-refractivity contribution in [1.29, 1.82) is 0 Å². The molecule has 1 aromatic heterocycles. The molecule has 1 heterocycles. The quantitative estimate of drug-likeness (QED) is 0.453. The Morgan fingerprint density at radius 3 is 2.60 bits per heavy atom. The summed E-state index contributed by atoms with van der Waals surface area (Å²) in [6, 6.07) is 14.5. The van der Waals surface area contributed by atoms with Crippen molar-refractivity contribution in [1.82, 2.24) is 5.10 Å². The van der Waals surface area contributed by atoms with E-state index < -0.39 is 0 Å². The fraction of sp³-hybridized carbons (Fsp3) is 0. The lowest BCUT2D eigenvalue weighted by atomic mass is 10.1. The van der Waals surface area contributed by atoms with Gasteiger partial charge in [-0.2, -0.15) is 0 Å². The van der Waals surface area contributed by atoms with Gasteiger partial charge in [-0.3, -0.25) is 0 Å². The van der Waals surface area contributed by atoms with Gasteiger partial charge in [0.15, 0.2) is 6.20 Å². The van der Waals surface area contributed by atoms with Crippen LogP contribution in [-0.4, -0.2) is 5.10 Å². The van der Waals surface area contributed by atoms with Crippen LogP contribution in [0.15, 0.2) is 48.7 Å². The summed E-state index contributed by atoms with van der Waals surface area (Å²) >= 11 is 0. The van der Waals surface area contributed by atoms with E-state index in [9.17, 15) is 0 Å². The number of aromatic nitrogens is 2. The molecule has 0 amide bonds. The zero-order valence-corrected chi connectivity index (χ0v) is 8.70. The van der Waals surface area contributed by atoms with Crippen molar-refractivity contribution in [3.05, 3.63) is 48.7 Å². The number of hydrogen-bond acceptors (Lipinski definition) is 1. The van der Waals surface area contributed by atoms with E-state index in [1.165, 1.54) is 16.2 Å².